The van der Waals surface area contributed by atoms with Crippen molar-refractivity contribution in [2.75, 3.05) is 31.3 Å². The topological polar surface area (TPSA) is 145 Å². The number of fused-ring (bicyclic) bond motifs is 3. The molecule has 0 aliphatic heterocycles. The highest BCUT2D eigenvalue weighted by Crippen LogP contribution is 2.29. The number of unbranched alkanes of at least 4 members (excludes halogenated alkanes) is 1. The highest BCUT2D eigenvalue weighted by atomic mass is 16.6. The molecule has 0 saturated carbocycles. The molecule has 4 rings (SSSR count). The number of carbonyl (C=O) groups is 1. The second kappa shape index (κ2) is 9.92. The number of nitrogens with two attached hydrogens (primary N) is 1. The van der Waals surface area contributed by atoms with Gasteiger partial charge in [0.2, 0.25) is 0 Å². The zero-order chi connectivity index (χ0) is 25.1. The van der Waals surface area contributed by atoms with Crippen LogP contribution >= 0.6 is 0 Å². The lowest BCUT2D eigenvalue weighted by molar-refractivity contribution is -0.384. The average molecular weight is 477 g/mol. The summed E-state index contributed by atoms with van der Waals surface area (Å²) in [5.74, 6) is 0.953. The number of hydrogen-bond acceptors (Lipinski definition) is 8. The van der Waals surface area contributed by atoms with Gasteiger partial charge in [-0.15, -0.1) is 0 Å². The van der Waals surface area contributed by atoms with Crippen LogP contribution in [0.2, 0.25) is 0 Å². The van der Waals surface area contributed by atoms with E-state index in [2.05, 4.69) is 19.9 Å². The number of pyridine rings is 2. The Labute approximate surface area is 202 Å². The smallest absolute Gasteiger partial charge is 0.293 e. The fourth-order valence-electron chi connectivity index (χ4n) is 4.17. The third-order valence-corrected chi connectivity index (χ3v) is 5.87. The summed E-state index contributed by atoms with van der Waals surface area (Å²) >= 11 is 0. The zero-order valence-electron chi connectivity index (χ0n) is 20.0. The van der Waals surface area contributed by atoms with E-state index in [-0.39, 0.29) is 17.2 Å². The molecular weight excluding hydrogens is 448 g/mol. The van der Waals surface area contributed by atoms with E-state index >= 15 is 0 Å². The number of amides is 1. The minimum atomic E-state index is -0.478. The van der Waals surface area contributed by atoms with Gasteiger partial charge in [-0.1, -0.05) is 6.92 Å². The number of hydrogen-bond donors (Lipinski definition) is 2. The Bertz CT molecular complexity index is 1410. The summed E-state index contributed by atoms with van der Waals surface area (Å²) in [6.07, 6.45) is 3.97. The molecule has 0 atom stereocenters. The van der Waals surface area contributed by atoms with Gasteiger partial charge in [0.1, 0.15) is 28.1 Å². The SMILES string of the molecule is CCc1nc2c(N)nc3cccnc3c2n1CCCCNC(=O)c1ccc(N(C)C)c([N+](=O)[O-])c1. The molecule has 0 bridgehead atoms. The van der Waals surface area contributed by atoms with Crippen molar-refractivity contribution < 1.29 is 9.72 Å². The van der Waals surface area contributed by atoms with Gasteiger partial charge in [0.05, 0.1) is 10.4 Å². The normalized spacial score (nSPS) is 11.2. The molecule has 3 heterocycles. The molecule has 1 amide bonds. The minimum absolute atomic E-state index is 0.101. The molecule has 4 aromatic rings. The van der Waals surface area contributed by atoms with E-state index in [9.17, 15) is 14.9 Å². The van der Waals surface area contributed by atoms with Crippen molar-refractivity contribution >= 4 is 45.2 Å². The predicted octanol–water partition coefficient (Wildman–Crippen LogP) is 3.31. The molecule has 0 unspecified atom stereocenters. The second-order valence-electron chi connectivity index (χ2n) is 8.42. The molecule has 3 N–H and O–H groups in total. The maximum absolute atomic E-state index is 12.6. The van der Waals surface area contributed by atoms with Crippen molar-refractivity contribution in [3.8, 4) is 0 Å². The lowest BCUT2D eigenvalue weighted by Gasteiger charge is -2.13. The monoisotopic (exact) mass is 476 g/mol. The highest BCUT2D eigenvalue weighted by molar-refractivity contribution is 6.04. The van der Waals surface area contributed by atoms with Gasteiger partial charge in [0.15, 0.2) is 5.82 Å². The van der Waals surface area contributed by atoms with Gasteiger partial charge in [-0.3, -0.25) is 19.9 Å². The van der Waals surface area contributed by atoms with Gasteiger partial charge < -0.3 is 20.5 Å². The molecule has 0 aliphatic carbocycles. The Hall–Kier alpha value is -4.28. The first-order chi connectivity index (χ1) is 16.8. The molecule has 0 aliphatic rings. The minimum Gasteiger partial charge on any atom is -0.382 e. The number of nitrogens with zero attached hydrogens (tertiary/aromatic N) is 6. The Morgan fingerprint density at radius 3 is 2.71 bits per heavy atom. The Morgan fingerprint density at radius 2 is 2.00 bits per heavy atom. The van der Waals surface area contributed by atoms with E-state index in [4.69, 9.17) is 10.7 Å². The molecule has 0 radical (unpaired) electrons. The number of carbonyl (C=O) groups excluding carboxylic acids is 1. The molecule has 1 aromatic carbocycles. The van der Waals surface area contributed by atoms with E-state index in [1.807, 2.05) is 19.1 Å². The molecule has 0 saturated heterocycles. The van der Waals surface area contributed by atoms with Crippen molar-refractivity contribution in [3.05, 3.63) is 58.0 Å². The van der Waals surface area contributed by atoms with Crippen LogP contribution in [0.15, 0.2) is 36.5 Å². The van der Waals surface area contributed by atoms with Crippen LogP contribution in [0.25, 0.3) is 22.1 Å². The fourth-order valence-corrected chi connectivity index (χ4v) is 4.17. The summed E-state index contributed by atoms with van der Waals surface area (Å²) in [4.78, 5) is 38.7. The lowest BCUT2D eigenvalue weighted by Crippen LogP contribution is -2.25. The summed E-state index contributed by atoms with van der Waals surface area (Å²) in [5.41, 5.74) is 9.80. The van der Waals surface area contributed by atoms with E-state index in [0.29, 0.717) is 30.1 Å². The predicted molar refractivity (Wildman–Crippen MR) is 136 cm³/mol. The Kier molecular flexibility index (Phi) is 6.76. The first kappa shape index (κ1) is 23.9. The number of aryl methyl sites for hydroxylation is 2. The van der Waals surface area contributed by atoms with E-state index in [0.717, 1.165) is 41.6 Å². The van der Waals surface area contributed by atoms with Crippen LogP contribution in [0.3, 0.4) is 0 Å². The standard InChI is InChI=1S/C24H28N8O3/c1-4-19-29-21-22(20-16(28-23(21)25)8-7-12-26-20)31(19)13-6-5-11-27-24(33)15-9-10-17(30(2)3)18(14-15)32(34)35/h7-10,12,14H,4-6,11,13H2,1-3H3,(H2,25,28)(H,27,33). The highest BCUT2D eigenvalue weighted by Gasteiger charge is 2.19. The van der Waals surface area contributed by atoms with Gasteiger partial charge in [0.25, 0.3) is 11.6 Å². The van der Waals surface area contributed by atoms with E-state index in [1.54, 1.807) is 37.3 Å². The lowest BCUT2D eigenvalue weighted by atomic mass is 10.1. The molecular formula is C24H28N8O3. The molecule has 35 heavy (non-hydrogen) atoms. The molecule has 0 spiro atoms. The maximum atomic E-state index is 12.6. The third kappa shape index (κ3) is 4.70. The summed E-state index contributed by atoms with van der Waals surface area (Å²) in [6, 6.07) is 8.20. The van der Waals surface area contributed by atoms with Crippen LogP contribution < -0.4 is 16.0 Å². The van der Waals surface area contributed by atoms with Gasteiger partial charge >= 0.3 is 0 Å². The van der Waals surface area contributed by atoms with Crippen LogP contribution in [-0.4, -0.2) is 51.0 Å². The van der Waals surface area contributed by atoms with Crippen molar-refractivity contribution in [1.82, 2.24) is 24.8 Å². The summed E-state index contributed by atoms with van der Waals surface area (Å²) in [7, 11) is 3.44. The van der Waals surface area contributed by atoms with Gasteiger partial charge in [-0.2, -0.15) is 0 Å². The molecule has 0 fully saturated rings. The number of rotatable bonds is 9. The first-order valence-corrected chi connectivity index (χ1v) is 11.4. The molecule has 3 aromatic heterocycles. The van der Waals surface area contributed by atoms with Crippen molar-refractivity contribution in [1.29, 1.82) is 0 Å². The largest absolute Gasteiger partial charge is 0.382 e. The number of nitrogens with one attached hydrogen (secondary N) is 1. The van der Waals surface area contributed by atoms with E-state index in [1.165, 1.54) is 6.07 Å². The third-order valence-electron chi connectivity index (χ3n) is 5.87. The number of nitro groups is 1. The number of anilines is 2. The van der Waals surface area contributed by atoms with Crippen LogP contribution in [0.4, 0.5) is 17.2 Å². The second-order valence-corrected chi connectivity index (χ2v) is 8.42. The number of aromatic nitrogens is 4. The van der Waals surface area contributed by atoms with Crippen molar-refractivity contribution in [2.24, 2.45) is 0 Å². The van der Waals surface area contributed by atoms with Crippen molar-refractivity contribution in [2.45, 2.75) is 32.7 Å². The van der Waals surface area contributed by atoms with Gasteiger partial charge in [-0.25, -0.2) is 9.97 Å². The first-order valence-electron chi connectivity index (χ1n) is 11.4. The Balaban J connectivity index is 1.43. The average Bonchev–Trinajstić information content (AvgIpc) is 3.22. The number of nitro benzene ring substituents is 1. The van der Waals surface area contributed by atoms with Crippen LogP contribution in [0.5, 0.6) is 0 Å². The van der Waals surface area contributed by atoms with Crippen LogP contribution in [0.1, 0.15) is 35.9 Å². The van der Waals surface area contributed by atoms with Gasteiger partial charge in [0, 0.05) is 51.4 Å². The van der Waals surface area contributed by atoms with Crippen molar-refractivity contribution in [3.63, 3.8) is 0 Å². The van der Waals surface area contributed by atoms with Gasteiger partial charge in [-0.05, 0) is 37.1 Å². The van der Waals surface area contributed by atoms with E-state index < -0.39 is 4.92 Å². The number of benzene rings is 1. The molecule has 182 valence electrons. The molecule has 11 nitrogen and oxygen atoms in total. The zero-order valence-corrected chi connectivity index (χ0v) is 20.0. The quantitative estimate of drug-likeness (QED) is 0.213. The number of imidazole rings is 1. The fraction of sp³-hybridized carbons (Fsp3) is 0.333. The van der Waals surface area contributed by atoms with Crippen LogP contribution in [0, 0.1) is 10.1 Å². The number of nitrogen functional groups attached to an aromatic ring is 1. The summed E-state index contributed by atoms with van der Waals surface area (Å²) in [5, 5.41) is 14.2. The maximum Gasteiger partial charge on any atom is 0.293 e. The summed E-state index contributed by atoms with van der Waals surface area (Å²) < 4.78 is 2.13. The molecule has 11 heteroatoms. The Morgan fingerprint density at radius 1 is 1.20 bits per heavy atom. The van der Waals surface area contributed by atoms with Crippen LogP contribution in [-0.2, 0) is 13.0 Å². The summed E-state index contributed by atoms with van der Waals surface area (Å²) in [6.45, 7) is 3.17.